The molecule has 0 aliphatic heterocycles. The van der Waals surface area contributed by atoms with Gasteiger partial charge in [-0.1, -0.05) is 29.4 Å². The summed E-state index contributed by atoms with van der Waals surface area (Å²) in [4.78, 5) is 16.0. The predicted octanol–water partition coefficient (Wildman–Crippen LogP) is 4.50. The highest BCUT2D eigenvalue weighted by atomic mass is 16.7. The molecule has 0 bridgehead atoms. The van der Waals surface area contributed by atoms with Gasteiger partial charge < -0.3 is 9.40 Å². The van der Waals surface area contributed by atoms with Gasteiger partial charge in [0.1, 0.15) is 0 Å². The van der Waals surface area contributed by atoms with Crippen molar-refractivity contribution in [3.63, 3.8) is 0 Å². The second-order valence-electron chi connectivity index (χ2n) is 5.82. The lowest BCUT2D eigenvalue weighted by molar-refractivity contribution is -0.140. The van der Waals surface area contributed by atoms with Crippen LogP contribution in [-0.2, 0) is 16.2 Å². The van der Waals surface area contributed by atoms with Gasteiger partial charge in [0.2, 0.25) is 0 Å². The summed E-state index contributed by atoms with van der Waals surface area (Å²) in [5, 5.41) is 6.37. The van der Waals surface area contributed by atoms with Crippen LogP contribution in [0.4, 0.5) is 0 Å². The van der Waals surface area contributed by atoms with Crippen LogP contribution in [0.15, 0.2) is 47.6 Å². The number of oxime groups is 1. The first-order valence-electron chi connectivity index (χ1n) is 8.35. The summed E-state index contributed by atoms with van der Waals surface area (Å²) < 4.78 is 2.29. The third-order valence-electron chi connectivity index (χ3n) is 4.21. The first-order valence-corrected chi connectivity index (χ1v) is 8.35. The van der Waals surface area contributed by atoms with Crippen molar-refractivity contribution in [3.8, 4) is 12.3 Å². The minimum Gasteiger partial charge on any atom is -0.341 e. The summed E-state index contributed by atoms with van der Waals surface area (Å²) in [7, 11) is 0. The fourth-order valence-electron chi connectivity index (χ4n) is 3.13. The zero-order valence-electron chi connectivity index (χ0n) is 14.5. The number of carbonyl (C=O) groups is 1. The number of nitrogens with zero attached hydrogens (tertiary/aromatic N) is 2. The number of rotatable bonds is 5. The summed E-state index contributed by atoms with van der Waals surface area (Å²) in [6, 6.07) is 14.5. The molecular formula is C21H20N2O2. The van der Waals surface area contributed by atoms with Crippen LogP contribution in [0.25, 0.3) is 21.8 Å². The molecule has 0 amide bonds. The predicted molar refractivity (Wildman–Crippen MR) is 101 cm³/mol. The highest BCUT2D eigenvalue weighted by Gasteiger charge is 2.12. The SMILES string of the molecule is C#CCCC(=NOC(C)=O)c1ccc2c(c1)c1ccccc1n2CC. The minimum atomic E-state index is -0.443. The Morgan fingerprint density at radius 1 is 1.20 bits per heavy atom. The van der Waals surface area contributed by atoms with Gasteiger partial charge >= 0.3 is 5.97 Å². The number of hydrogen-bond acceptors (Lipinski definition) is 3. The molecule has 0 saturated heterocycles. The van der Waals surface area contributed by atoms with E-state index >= 15 is 0 Å². The van der Waals surface area contributed by atoms with Crippen LogP contribution in [0.3, 0.4) is 0 Å². The zero-order valence-corrected chi connectivity index (χ0v) is 14.5. The summed E-state index contributed by atoms with van der Waals surface area (Å²) >= 11 is 0. The second kappa shape index (κ2) is 7.23. The van der Waals surface area contributed by atoms with Gasteiger partial charge in [-0.05, 0) is 25.1 Å². The number of para-hydroxylation sites is 1. The van der Waals surface area contributed by atoms with Crippen LogP contribution >= 0.6 is 0 Å². The van der Waals surface area contributed by atoms with E-state index in [1.54, 1.807) is 0 Å². The number of terminal acetylenes is 1. The molecule has 1 aromatic heterocycles. The van der Waals surface area contributed by atoms with E-state index in [0.29, 0.717) is 18.6 Å². The molecule has 2 aromatic carbocycles. The number of hydrogen-bond donors (Lipinski definition) is 0. The molecule has 126 valence electrons. The van der Waals surface area contributed by atoms with Crippen LogP contribution in [0.2, 0.25) is 0 Å². The first-order chi connectivity index (χ1) is 12.2. The third kappa shape index (κ3) is 3.27. The van der Waals surface area contributed by atoms with E-state index in [1.807, 2.05) is 12.1 Å². The first kappa shape index (κ1) is 16.8. The summed E-state index contributed by atoms with van der Waals surface area (Å²) in [6.45, 7) is 4.37. The molecule has 0 radical (unpaired) electrons. The van der Waals surface area contributed by atoms with Crippen LogP contribution < -0.4 is 0 Å². The largest absolute Gasteiger partial charge is 0.341 e. The number of fused-ring (bicyclic) bond motifs is 3. The lowest BCUT2D eigenvalue weighted by Gasteiger charge is -2.06. The molecule has 3 aromatic rings. The van der Waals surface area contributed by atoms with Crippen LogP contribution in [0.5, 0.6) is 0 Å². The standard InChI is InChI=1S/C21H20N2O2/c1-4-6-10-19(22-25-15(3)24)16-12-13-21-18(14-16)17-9-7-8-11-20(17)23(21)5-2/h1,7-9,11-14H,5-6,10H2,2-3H3. The molecule has 1 heterocycles. The Morgan fingerprint density at radius 2 is 1.96 bits per heavy atom. The molecule has 4 heteroatoms. The molecule has 3 rings (SSSR count). The molecule has 0 unspecified atom stereocenters. The Hall–Kier alpha value is -3.06. The van der Waals surface area contributed by atoms with Gasteiger partial charge in [-0.15, -0.1) is 12.3 Å². The third-order valence-corrected chi connectivity index (χ3v) is 4.21. The number of aromatic nitrogens is 1. The van der Waals surface area contributed by atoms with E-state index in [-0.39, 0.29) is 0 Å². The van der Waals surface area contributed by atoms with E-state index < -0.39 is 5.97 Å². The van der Waals surface area contributed by atoms with Crippen LogP contribution in [-0.4, -0.2) is 16.2 Å². The maximum Gasteiger partial charge on any atom is 0.331 e. The van der Waals surface area contributed by atoms with Gasteiger partial charge in [-0.25, -0.2) is 4.79 Å². The van der Waals surface area contributed by atoms with Crippen molar-refractivity contribution in [2.24, 2.45) is 5.16 Å². The fourth-order valence-corrected chi connectivity index (χ4v) is 3.13. The van der Waals surface area contributed by atoms with E-state index in [1.165, 1.54) is 23.3 Å². The second-order valence-corrected chi connectivity index (χ2v) is 5.82. The zero-order chi connectivity index (χ0) is 17.8. The van der Waals surface area contributed by atoms with Crippen LogP contribution in [0, 0.1) is 12.3 Å². The summed E-state index contributed by atoms with van der Waals surface area (Å²) in [5.74, 6) is 2.17. The maximum absolute atomic E-state index is 11.1. The summed E-state index contributed by atoms with van der Waals surface area (Å²) in [5.41, 5.74) is 3.99. The number of benzene rings is 2. The fraction of sp³-hybridized carbons (Fsp3) is 0.238. The van der Waals surface area contributed by atoms with E-state index in [2.05, 4.69) is 52.9 Å². The molecule has 0 aliphatic carbocycles. The molecule has 0 atom stereocenters. The van der Waals surface area contributed by atoms with Gasteiger partial charge in [0.05, 0.1) is 5.71 Å². The van der Waals surface area contributed by atoms with Gasteiger partial charge in [-0.3, -0.25) is 0 Å². The quantitative estimate of drug-likeness (QED) is 0.299. The molecule has 0 spiro atoms. The van der Waals surface area contributed by atoms with Crippen molar-refractivity contribution < 1.29 is 9.63 Å². The highest BCUT2D eigenvalue weighted by Crippen LogP contribution is 2.30. The van der Waals surface area contributed by atoms with Gasteiger partial charge in [0, 0.05) is 53.7 Å². The van der Waals surface area contributed by atoms with Crippen molar-refractivity contribution in [2.75, 3.05) is 0 Å². The normalized spacial score (nSPS) is 11.6. The highest BCUT2D eigenvalue weighted by molar-refractivity contribution is 6.11. The molecule has 0 aliphatic rings. The Balaban J connectivity index is 2.16. The molecule has 0 fully saturated rings. The lowest BCUT2D eigenvalue weighted by Crippen LogP contribution is -2.04. The van der Waals surface area contributed by atoms with Crippen molar-refractivity contribution in [2.45, 2.75) is 33.2 Å². The topological polar surface area (TPSA) is 43.6 Å². The molecule has 4 nitrogen and oxygen atoms in total. The Kier molecular flexibility index (Phi) is 4.85. The molecular weight excluding hydrogens is 312 g/mol. The average molecular weight is 332 g/mol. The van der Waals surface area contributed by atoms with E-state index in [0.717, 1.165) is 17.5 Å². The average Bonchev–Trinajstić information content (AvgIpc) is 2.94. The van der Waals surface area contributed by atoms with Crippen molar-refractivity contribution in [1.82, 2.24) is 4.57 Å². The number of carbonyl (C=O) groups excluding carboxylic acids is 1. The van der Waals surface area contributed by atoms with Crippen LogP contribution in [0.1, 0.15) is 32.3 Å². The number of aryl methyl sites for hydroxylation is 1. The van der Waals surface area contributed by atoms with E-state index in [9.17, 15) is 4.79 Å². The Morgan fingerprint density at radius 3 is 2.68 bits per heavy atom. The smallest absolute Gasteiger partial charge is 0.331 e. The van der Waals surface area contributed by atoms with Crippen molar-refractivity contribution >= 4 is 33.5 Å². The molecule has 25 heavy (non-hydrogen) atoms. The molecule has 0 saturated carbocycles. The van der Waals surface area contributed by atoms with Crippen molar-refractivity contribution in [1.29, 1.82) is 0 Å². The minimum absolute atomic E-state index is 0.443. The summed E-state index contributed by atoms with van der Waals surface area (Å²) in [6.07, 6.45) is 6.47. The van der Waals surface area contributed by atoms with Gasteiger partial charge in [0.15, 0.2) is 0 Å². The monoisotopic (exact) mass is 332 g/mol. The van der Waals surface area contributed by atoms with Gasteiger partial charge in [-0.2, -0.15) is 0 Å². The Labute approximate surface area is 147 Å². The Bertz CT molecular complexity index is 1010. The van der Waals surface area contributed by atoms with Gasteiger partial charge in [0.25, 0.3) is 0 Å². The molecule has 0 N–H and O–H groups in total. The van der Waals surface area contributed by atoms with E-state index in [4.69, 9.17) is 11.3 Å². The lowest BCUT2D eigenvalue weighted by atomic mass is 10.0. The van der Waals surface area contributed by atoms with Crippen molar-refractivity contribution in [3.05, 3.63) is 48.0 Å². The maximum atomic E-state index is 11.1.